The van der Waals surface area contributed by atoms with E-state index < -0.39 is 0 Å². The van der Waals surface area contributed by atoms with Gasteiger partial charge in [-0.05, 0) is 48.8 Å². The summed E-state index contributed by atoms with van der Waals surface area (Å²) >= 11 is 3.34. The van der Waals surface area contributed by atoms with Gasteiger partial charge in [-0.2, -0.15) is 0 Å². The zero-order valence-electron chi connectivity index (χ0n) is 16.9. The van der Waals surface area contributed by atoms with E-state index in [9.17, 15) is 4.79 Å². The number of thiophene rings is 1. The second-order valence-corrected chi connectivity index (χ2v) is 9.73. The molecule has 0 radical (unpaired) electrons. The van der Waals surface area contributed by atoms with Gasteiger partial charge in [0.2, 0.25) is 0 Å². The fourth-order valence-electron chi connectivity index (χ4n) is 3.16. The molecule has 3 rings (SSSR count). The molecular formula is C23H26O3S2. The number of hydrogen-bond donors (Lipinski definition) is 0. The lowest BCUT2D eigenvalue weighted by atomic mass is 9.79. The first-order chi connectivity index (χ1) is 13.4. The van der Waals surface area contributed by atoms with E-state index in [2.05, 4.69) is 44.7 Å². The van der Waals surface area contributed by atoms with Gasteiger partial charge in [0.25, 0.3) is 0 Å². The van der Waals surface area contributed by atoms with Crippen molar-refractivity contribution in [2.45, 2.75) is 50.8 Å². The van der Waals surface area contributed by atoms with E-state index in [1.165, 1.54) is 5.56 Å². The van der Waals surface area contributed by atoms with Crippen molar-refractivity contribution in [2.24, 2.45) is 0 Å². The Balaban J connectivity index is 1.88. The van der Waals surface area contributed by atoms with Gasteiger partial charge in [-0.15, -0.1) is 23.1 Å². The molecule has 2 aromatic rings. The normalized spacial score (nSPS) is 14.4. The zero-order valence-corrected chi connectivity index (χ0v) is 18.5. The van der Waals surface area contributed by atoms with Crippen LogP contribution in [0.25, 0.3) is 0 Å². The van der Waals surface area contributed by atoms with Crippen LogP contribution in [0.5, 0.6) is 5.75 Å². The lowest BCUT2D eigenvalue weighted by Gasteiger charge is -2.33. The molecule has 0 fully saturated rings. The summed E-state index contributed by atoms with van der Waals surface area (Å²) in [6, 6.07) is 8.28. The van der Waals surface area contributed by atoms with Gasteiger partial charge >= 0.3 is 5.97 Å². The first-order valence-corrected chi connectivity index (χ1v) is 11.4. The molecule has 3 nitrogen and oxygen atoms in total. The number of carbonyl (C=O) groups excluding carboxylic acids is 1. The summed E-state index contributed by atoms with van der Waals surface area (Å²) in [5.41, 5.74) is 2.37. The second-order valence-electron chi connectivity index (χ2n) is 7.26. The maximum Gasteiger partial charge on any atom is 0.311 e. The fraction of sp³-hybridized carbons (Fsp3) is 0.435. The van der Waals surface area contributed by atoms with Crippen molar-refractivity contribution < 1.29 is 14.3 Å². The summed E-state index contributed by atoms with van der Waals surface area (Å²) in [7, 11) is 0. The molecule has 1 aromatic heterocycles. The molecule has 0 N–H and O–H groups in total. The molecule has 1 aliphatic rings. The Labute approximate surface area is 175 Å². The lowest BCUT2D eigenvalue weighted by Crippen LogP contribution is -2.26. The monoisotopic (exact) mass is 414 g/mol. The predicted octanol–water partition coefficient (Wildman–Crippen LogP) is 5.43. The van der Waals surface area contributed by atoms with E-state index >= 15 is 0 Å². The second kappa shape index (κ2) is 9.07. The Bertz CT molecular complexity index is 916. The molecule has 1 aromatic carbocycles. The van der Waals surface area contributed by atoms with Gasteiger partial charge in [-0.25, -0.2) is 0 Å². The summed E-state index contributed by atoms with van der Waals surface area (Å²) in [5, 5.41) is 0. The van der Waals surface area contributed by atoms with Crippen molar-refractivity contribution in [1.82, 2.24) is 0 Å². The largest absolute Gasteiger partial charge is 0.493 e. The lowest BCUT2D eigenvalue weighted by molar-refractivity contribution is -0.142. The molecule has 0 atom stereocenters. The molecule has 148 valence electrons. The Kier molecular flexibility index (Phi) is 6.74. The number of ether oxygens (including phenoxy) is 2. The molecule has 0 spiro atoms. The standard InChI is InChI=1S/C23H26O3S2/c1-5-25-22(24)14-18-10-9-17(28-18)8-7-16-13-19-20(15-21(16)27-6-2)26-12-11-23(19,3)4/h9-10,13,15H,5-6,11-12,14H2,1-4H3. The van der Waals surface area contributed by atoms with Gasteiger partial charge in [0, 0.05) is 20.9 Å². The van der Waals surface area contributed by atoms with Crippen molar-refractivity contribution in [3.63, 3.8) is 0 Å². The van der Waals surface area contributed by atoms with E-state index in [1.54, 1.807) is 23.1 Å². The van der Waals surface area contributed by atoms with Gasteiger partial charge in [0.05, 0.1) is 24.5 Å². The van der Waals surface area contributed by atoms with Crippen LogP contribution in [0.4, 0.5) is 0 Å². The highest BCUT2D eigenvalue weighted by molar-refractivity contribution is 7.99. The minimum Gasteiger partial charge on any atom is -0.493 e. The topological polar surface area (TPSA) is 35.5 Å². The third-order valence-corrected chi connectivity index (χ3v) is 6.64. The number of fused-ring (bicyclic) bond motifs is 1. The maximum absolute atomic E-state index is 11.6. The average molecular weight is 415 g/mol. The van der Waals surface area contributed by atoms with E-state index in [-0.39, 0.29) is 11.4 Å². The molecular weight excluding hydrogens is 388 g/mol. The van der Waals surface area contributed by atoms with E-state index in [4.69, 9.17) is 9.47 Å². The van der Waals surface area contributed by atoms with Gasteiger partial charge in [-0.3, -0.25) is 4.79 Å². The summed E-state index contributed by atoms with van der Waals surface area (Å²) in [6.45, 7) is 9.66. The average Bonchev–Trinajstić information content (AvgIpc) is 3.07. The predicted molar refractivity (Wildman–Crippen MR) is 117 cm³/mol. The van der Waals surface area contributed by atoms with Crippen LogP contribution in [0.15, 0.2) is 29.2 Å². The number of benzene rings is 1. The highest BCUT2D eigenvalue weighted by Gasteiger charge is 2.29. The molecule has 0 unspecified atom stereocenters. The summed E-state index contributed by atoms with van der Waals surface area (Å²) < 4.78 is 10.9. The fourth-order valence-corrected chi connectivity index (χ4v) is 4.77. The van der Waals surface area contributed by atoms with Crippen molar-refractivity contribution in [2.75, 3.05) is 19.0 Å². The first-order valence-electron chi connectivity index (χ1n) is 9.63. The zero-order chi connectivity index (χ0) is 20.1. The molecule has 5 heteroatoms. The van der Waals surface area contributed by atoms with Crippen molar-refractivity contribution in [1.29, 1.82) is 0 Å². The molecule has 0 saturated heterocycles. The summed E-state index contributed by atoms with van der Waals surface area (Å²) in [5.74, 6) is 8.43. The summed E-state index contributed by atoms with van der Waals surface area (Å²) in [4.78, 5) is 14.7. The Morgan fingerprint density at radius 1 is 1.29 bits per heavy atom. The smallest absolute Gasteiger partial charge is 0.311 e. The molecule has 2 heterocycles. The molecule has 0 aliphatic carbocycles. The van der Waals surface area contributed by atoms with Crippen molar-refractivity contribution in [3.8, 4) is 17.6 Å². The number of esters is 1. The van der Waals surface area contributed by atoms with Crippen LogP contribution in [0.3, 0.4) is 0 Å². The van der Waals surface area contributed by atoms with E-state index in [0.717, 1.165) is 44.7 Å². The molecule has 1 aliphatic heterocycles. The van der Waals surface area contributed by atoms with E-state index in [1.807, 2.05) is 19.1 Å². The van der Waals surface area contributed by atoms with Crippen LogP contribution in [-0.2, 0) is 21.4 Å². The number of rotatable bonds is 5. The van der Waals surface area contributed by atoms with Crippen LogP contribution >= 0.6 is 23.1 Å². The minimum absolute atomic E-state index is 0.0924. The van der Waals surface area contributed by atoms with Gasteiger partial charge in [0.15, 0.2) is 0 Å². The third kappa shape index (κ3) is 4.92. The van der Waals surface area contributed by atoms with Crippen molar-refractivity contribution >= 4 is 29.1 Å². The van der Waals surface area contributed by atoms with Crippen LogP contribution in [0.2, 0.25) is 0 Å². The van der Waals surface area contributed by atoms with E-state index in [0.29, 0.717) is 13.0 Å². The quantitative estimate of drug-likeness (QED) is 0.371. The number of hydrogen-bond acceptors (Lipinski definition) is 5. The number of carbonyl (C=O) groups is 1. The van der Waals surface area contributed by atoms with Gasteiger partial charge in [-0.1, -0.05) is 32.6 Å². The molecule has 0 amide bonds. The highest BCUT2D eigenvalue weighted by Crippen LogP contribution is 2.41. The Hall–Kier alpha value is -1.90. The summed E-state index contributed by atoms with van der Waals surface area (Å²) in [6.07, 6.45) is 1.32. The van der Waals surface area contributed by atoms with Gasteiger partial charge in [0.1, 0.15) is 5.75 Å². The van der Waals surface area contributed by atoms with Crippen LogP contribution in [0.1, 0.15) is 55.0 Å². The Morgan fingerprint density at radius 3 is 2.86 bits per heavy atom. The number of thioether (sulfide) groups is 1. The molecule has 0 saturated carbocycles. The molecule has 0 bridgehead atoms. The highest BCUT2D eigenvalue weighted by atomic mass is 32.2. The minimum atomic E-state index is -0.192. The Morgan fingerprint density at radius 2 is 2.11 bits per heavy atom. The molecule has 28 heavy (non-hydrogen) atoms. The van der Waals surface area contributed by atoms with Crippen LogP contribution < -0.4 is 4.74 Å². The van der Waals surface area contributed by atoms with Crippen LogP contribution in [0, 0.1) is 11.8 Å². The van der Waals surface area contributed by atoms with Crippen LogP contribution in [-0.4, -0.2) is 24.9 Å². The third-order valence-electron chi connectivity index (χ3n) is 4.70. The van der Waals surface area contributed by atoms with Gasteiger partial charge < -0.3 is 9.47 Å². The maximum atomic E-state index is 11.6. The SMILES string of the molecule is CCOC(=O)Cc1ccc(C#Cc2cc3c(cc2SCC)OCCC3(C)C)s1. The van der Waals surface area contributed by atoms with Crippen molar-refractivity contribution in [3.05, 3.63) is 45.1 Å². The first kappa shape index (κ1) is 20.8.